The third-order valence-corrected chi connectivity index (χ3v) is 3.84. The van der Waals surface area contributed by atoms with Crippen LogP contribution in [0.4, 0.5) is 5.69 Å². The first kappa shape index (κ1) is 20.0. The van der Waals surface area contributed by atoms with E-state index in [0.29, 0.717) is 10.8 Å². The average Bonchev–Trinajstić information content (AvgIpc) is 2.63. The fraction of sp³-hybridized carbons (Fsp3) is 0.176. The van der Waals surface area contributed by atoms with Gasteiger partial charge in [-0.25, -0.2) is 5.43 Å². The molecule has 0 saturated heterocycles. The molecule has 0 atom stereocenters. The molecule has 0 heterocycles. The number of carbonyl (C=O) groups is 1. The van der Waals surface area contributed by atoms with Crippen molar-refractivity contribution in [2.75, 3.05) is 13.7 Å². The van der Waals surface area contributed by atoms with Crippen molar-refractivity contribution < 1.29 is 24.3 Å². The van der Waals surface area contributed by atoms with Gasteiger partial charge in [0.25, 0.3) is 5.91 Å². The quantitative estimate of drug-likeness (QED) is 0.423. The Morgan fingerprint density at radius 1 is 1.41 bits per heavy atom. The summed E-state index contributed by atoms with van der Waals surface area (Å²) in [6.07, 6.45) is 1.07. The number of aryl methyl sites for hydroxylation is 1. The van der Waals surface area contributed by atoms with Crippen LogP contribution in [0.3, 0.4) is 0 Å². The number of carbonyl (C=O) groups excluding carboxylic acids is 1. The summed E-state index contributed by atoms with van der Waals surface area (Å²) < 4.78 is 10.2. The van der Waals surface area contributed by atoms with Crippen molar-refractivity contribution in [3.63, 3.8) is 0 Å². The van der Waals surface area contributed by atoms with Crippen LogP contribution in [0.25, 0.3) is 0 Å². The minimum atomic E-state index is -0.715. The number of nitrogens with one attached hydrogen (secondary N) is 1. The van der Waals surface area contributed by atoms with Gasteiger partial charge in [-0.1, -0.05) is 11.6 Å². The van der Waals surface area contributed by atoms with Crippen LogP contribution in [0, 0.1) is 17.0 Å². The Kier molecular flexibility index (Phi) is 6.56. The normalized spacial score (nSPS) is 10.6. The van der Waals surface area contributed by atoms with Crippen molar-refractivity contribution >= 4 is 29.4 Å². The highest BCUT2D eigenvalue weighted by molar-refractivity contribution is 6.31. The molecule has 0 bridgehead atoms. The molecule has 142 valence electrons. The highest BCUT2D eigenvalue weighted by atomic mass is 35.5. The van der Waals surface area contributed by atoms with E-state index >= 15 is 0 Å². The molecule has 2 rings (SSSR count). The molecule has 0 aliphatic carbocycles. The predicted molar refractivity (Wildman–Crippen MR) is 98.7 cm³/mol. The fourth-order valence-corrected chi connectivity index (χ4v) is 2.25. The first-order chi connectivity index (χ1) is 12.8. The van der Waals surface area contributed by atoms with Gasteiger partial charge >= 0.3 is 5.69 Å². The number of hydrazone groups is 1. The Labute approximate surface area is 159 Å². The highest BCUT2D eigenvalue weighted by Gasteiger charge is 2.23. The van der Waals surface area contributed by atoms with E-state index in [2.05, 4.69) is 10.5 Å². The lowest BCUT2D eigenvalue weighted by molar-refractivity contribution is -0.386. The van der Waals surface area contributed by atoms with Crippen LogP contribution in [0.1, 0.15) is 11.1 Å². The molecule has 9 nitrogen and oxygen atoms in total. The first-order valence-electron chi connectivity index (χ1n) is 7.58. The molecule has 0 aliphatic rings. The number of rotatable bonds is 7. The average molecular weight is 394 g/mol. The molecule has 27 heavy (non-hydrogen) atoms. The summed E-state index contributed by atoms with van der Waals surface area (Å²) in [6, 6.07) is 7.46. The molecule has 0 unspecified atom stereocenters. The first-order valence-corrected chi connectivity index (χ1v) is 7.96. The third-order valence-electron chi connectivity index (χ3n) is 3.42. The van der Waals surface area contributed by atoms with Crippen molar-refractivity contribution in [2.24, 2.45) is 5.10 Å². The van der Waals surface area contributed by atoms with E-state index in [4.69, 9.17) is 21.1 Å². The second-order valence-electron chi connectivity index (χ2n) is 5.31. The monoisotopic (exact) mass is 393 g/mol. The molecule has 2 N–H and O–H groups in total. The van der Waals surface area contributed by atoms with E-state index < -0.39 is 16.5 Å². The maximum atomic E-state index is 11.8. The van der Waals surface area contributed by atoms with Gasteiger partial charge < -0.3 is 14.6 Å². The van der Waals surface area contributed by atoms with Crippen LogP contribution in [-0.4, -0.2) is 35.9 Å². The van der Waals surface area contributed by atoms with Gasteiger partial charge in [0.2, 0.25) is 5.75 Å². The van der Waals surface area contributed by atoms with E-state index in [1.54, 1.807) is 25.1 Å². The van der Waals surface area contributed by atoms with Gasteiger partial charge in [0.1, 0.15) is 5.75 Å². The number of phenols is 1. The molecular formula is C17H16ClN3O6. The van der Waals surface area contributed by atoms with Crippen LogP contribution >= 0.6 is 11.6 Å². The second-order valence-corrected chi connectivity index (χ2v) is 5.71. The van der Waals surface area contributed by atoms with Gasteiger partial charge in [-0.15, -0.1) is 0 Å². The number of amides is 1. The minimum absolute atomic E-state index is 0.0456. The summed E-state index contributed by atoms with van der Waals surface area (Å²) in [7, 11) is 1.20. The molecule has 0 radical (unpaired) electrons. The molecule has 0 spiro atoms. The van der Waals surface area contributed by atoms with E-state index in [0.717, 1.165) is 11.8 Å². The zero-order chi connectivity index (χ0) is 20.0. The number of benzene rings is 2. The Balaban J connectivity index is 2.01. The number of ether oxygens (including phenoxy) is 2. The molecular weight excluding hydrogens is 378 g/mol. The lowest BCUT2D eigenvalue weighted by Crippen LogP contribution is -2.24. The summed E-state index contributed by atoms with van der Waals surface area (Å²) in [5.41, 5.74) is 2.58. The van der Waals surface area contributed by atoms with Gasteiger partial charge in [-0.05, 0) is 42.8 Å². The summed E-state index contributed by atoms with van der Waals surface area (Å²) in [5.74, 6) is -0.768. The number of phenolic OH excluding ortho intramolecular Hbond substituents is 1. The van der Waals surface area contributed by atoms with Gasteiger partial charge in [-0.3, -0.25) is 14.9 Å². The number of hydrogen-bond acceptors (Lipinski definition) is 7. The lowest BCUT2D eigenvalue weighted by Gasteiger charge is -2.07. The van der Waals surface area contributed by atoms with E-state index in [1.165, 1.54) is 19.2 Å². The second kappa shape index (κ2) is 8.86. The highest BCUT2D eigenvalue weighted by Crippen LogP contribution is 2.37. The summed E-state index contributed by atoms with van der Waals surface area (Å²) in [4.78, 5) is 22.3. The maximum Gasteiger partial charge on any atom is 0.323 e. The van der Waals surface area contributed by atoms with Crippen LogP contribution in [0.15, 0.2) is 35.4 Å². The molecule has 0 fully saturated rings. The Morgan fingerprint density at radius 2 is 2.15 bits per heavy atom. The van der Waals surface area contributed by atoms with Crippen molar-refractivity contribution in [2.45, 2.75) is 6.92 Å². The number of hydrogen-bond donors (Lipinski definition) is 2. The molecule has 2 aromatic carbocycles. The molecule has 2 aromatic rings. The van der Waals surface area contributed by atoms with Gasteiger partial charge in [0.05, 0.1) is 23.8 Å². The number of nitro benzene ring substituents is 1. The smallest absolute Gasteiger partial charge is 0.323 e. The van der Waals surface area contributed by atoms with Crippen LogP contribution < -0.4 is 14.9 Å². The third kappa shape index (κ3) is 5.08. The summed E-state index contributed by atoms with van der Waals surface area (Å²) in [6.45, 7) is 1.50. The molecule has 0 saturated carbocycles. The summed E-state index contributed by atoms with van der Waals surface area (Å²) in [5, 5.41) is 25.1. The Bertz CT molecular complexity index is 900. The predicted octanol–water partition coefficient (Wildman–Crippen LogP) is 2.80. The van der Waals surface area contributed by atoms with Crippen molar-refractivity contribution in [1.82, 2.24) is 5.43 Å². The van der Waals surface area contributed by atoms with Crippen LogP contribution in [0.2, 0.25) is 5.02 Å². The Morgan fingerprint density at radius 3 is 2.78 bits per heavy atom. The van der Waals surface area contributed by atoms with Gasteiger partial charge in [0.15, 0.2) is 12.4 Å². The topological polar surface area (TPSA) is 123 Å². The number of methoxy groups -OCH3 is 1. The summed E-state index contributed by atoms with van der Waals surface area (Å²) >= 11 is 5.91. The fourth-order valence-electron chi connectivity index (χ4n) is 2.13. The number of nitrogens with zero attached hydrogens (tertiary/aromatic N) is 2. The number of halogens is 1. The van der Waals surface area contributed by atoms with E-state index in [-0.39, 0.29) is 23.7 Å². The van der Waals surface area contributed by atoms with Crippen LogP contribution in [-0.2, 0) is 4.79 Å². The van der Waals surface area contributed by atoms with E-state index in [9.17, 15) is 20.0 Å². The van der Waals surface area contributed by atoms with Crippen molar-refractivity contribution in [3.05, 3.63) is 56.6 Å². The van der Waals surface area contributed by atoms with Crippen molar-refractivity contribution in [3.8, 4) is 17.2 Å². The standard InChI is InChI=1S/C17H16ClN3O6/c1-10-7-12(4-5-13(10)18)27-9-15(23)20-19-8-11-3-6-14(22)17(26-2)16(11)21(24)25/h3-8,22H,9H2,1-2H3,(H,20,23)/b19-8-. The number of aromatic hydroxyl groups is 1. The van der Waals surface area contributed by atoms with Crippen LogP contribution in [0.5, 0.6) is 17.2 Å². The van der Waals surface area contributed by atoms with E-state index in [1.807, 2.05) is 0 Å². The Hall–Kier alpha value is -3.33. The zero-order valence-corrected chi connectivity index (χ0v) is 15.2. The zero-order valence-electron chi connectivity index (χ0n) is 14.4. The molecule has 0 aromatic heterocycles. The molecule has 10 heteroatoms. The minimum Gasteiger partial charge on any atom is -0.504 e. The maximum absolute atomic E-state index is 11.8. The largest absolute Gasteiger partial charge is 0.504 e. The molecule has 0 aliphatic heterocycles. The van der Waals surface area contributed by atoms with Gasteiger partial charge in [-0.2, -0.15) is 5.10 Å². The van der Waals surface area contributed by atoms with Gasteiger partial charge in [0, 0.05) is 5.02 Å². The number of nitro groups is 1. The van der Waals surface area contributed by atoms with Crippen molar-refractivity contribution in [1.29, 1.82) is 0 Å². The SMILES string of the molecule is COc1c(O)ccc(/C=N\NC(=O)COc2ccc(Cl)c(C)c2)c1[N+](=O)[O-]. The molecule has 1 amide bonds. The lowest BCUT2D eigenvalue weighted by atomic mass is 10.1.